The Labute approximate surface area is 183 Å². The Morgan fingerprint density at radius 3 is 2.57 bits per heavy atom. The molecule has 0 spiro atoms. The maximum atomic E-state index is 12.9. The van der Waals surface area contributed by atoms with Crippen molar-refractivity contribution in [3.8, 4) is 11.5 Å². The highest BCUT2D eigenvalue weighted by Crippen LogP contribution is 2.37. The third-order valence-corrected chi connectivity index (χ3v) is 6.10. The van der Waals surface area contributed by atoms with Gasteiger partial charge in [0.25, 0.3) is 5.91 Å². The van der Waals surface area contributed by atoms with E-state index in [1.165, 1.54) is 11.8 Å². The lowest BCUT2D eigenvalue weighted by atomic mass is 10.1. The number of methoxy groups -OCH3 is 1. The van der Waals surface area contributed by atoms with Gasteiger partial charge in [0, 0.05) is 4.47 Å². The number of benzene rings is 2. The molecule has 0 bridgehead atoms. The Morgan fingerprint density at radius 2 is 1.93 bits per heavy atom. The summed E-state index contributed by atoms with van der Waals surface area (Å²) in [6.45, 7) is 4.08. The molecule has 1 fully saturated rings. The molecule has 2 aromatic rings. The van der Waals surface area contributed by atoms with E-state index in [0.717, 1.165) is 22.1 Å². The second kappa shape index (κ2) is 9.11. The first-order valence-electron chi connectivity index (χ1n) is 8.81. The average molecular weight is 478 g/mol. The molecular formula is C21H20BrNO3S2. The van der Waals surface area contributed by atoms with Gasteiger partial charge in [-0.05, 0) is 61.4 Å². The van der Waals surface area contributed by atoms with Crippen LogP contribution in [0.25, 0.3) is 6.08 Å². The summed E-state index contributed by atoms with van der Waals surface area (Å²) in [5.74, 6) is 1.20. The van der Waals surface area contributed by atoms with E-state index in [4.69, 9.17) is 21.7 Å². The van der Waals surface area contributed by atoms with Crippen LogP contribution >= 0.6 is 39.9 Å². The molecule has 28 heavy (non-hydrogen) atoms. The largest absolute Gasteiger partial charge is 0.493 e. The van der Waals surface area contributed by atoms with Gasteiger partial charge in [-0.1, -0.05) is 52.9 Å². The van der Waals surface area contributed by atoms with Gasteiger partial charge in [0.2, 0.25) is 0 Å². The lowest BCUT2D eigenvalue weighted by Crippen LogP contribution is -2.27. The molecule has 1 aliphatic heterocycles. The van der Waals surface area contributed by atoms with E-state index in [1.54, 1.807) is 12.0 Å². The van der Waals surface area contributed by atoms with Crippen molar-refractivity contribution in [3.05, 3.63) is 57.4 Å². The van der Waals surface area contributed by atoms with E-state index in [-0.39, 0.29) is 12.0 Å². The van der Waals surface area contributed by atoms with Gasteiger partial charge < -0.3 is 9.47 Å². The minimum atomic E-state index is -0.128. The Kier molecular flexibility index (Phi) is 6.80. The molecule has 2 aromatic carbocycles. The van der Waals surface area contributed by atoms with E-state index in [9.17, 15) is 4.79 Å². The molecule has 146 valence electrons. The Bertz CT molecular complexity index is 928. The van der Waals surface area contributed by atoms with Crippen molar-refractivity contribution in [3.63, 3.8) is 0 Å². The Balaban J connectivity index is 1.86. The number of amides is 1. The minimum Gasteiger partial charge on any atom is -0.493 e. The van der Waals surface area contributed by atoms with Crippen LogP contribution in [-0.2, 0) is 4.79 Å². The number of carbonyl (C=O) groups is 1. The normalized spacial score (nSPS) is 16.6. The highest BCUT2D eigenvalue weighted by atomic mass is 79.9. The van der Waals surface area contributed by atoms with Crippen LogP contribution in [0, 0.1) is 0 Å². The quantitative estimate of drug-likeness (QED) is 0.374. The predicted molar refractivity (Wildman–Crippen MR) is 123 cm³/mol. The van der Waals surface area contributed by atoms with Gasteiger partial charge in [-0.3, -0.25) is 9.69 Å². The molecule has 4 nitrogen and oxygen atoms in total. The lowest BCUT2D eigenvalue weighted by Gasteiger charge is -2.16. The first-order chi connectivity index (χ1) is 13.4. The third-order valence-electron chi connectivity index (χ3n) is 4.27. The number of carbonyl (C=O) groups excluding carboxylic acids is 1. The monoisotopic (exact) mass is 477 g/mol. The minimum absolute atomic E-state index is 0.0990. The number of thioether (sulfide) groups is 1. The van der Waals surface area contributed by atoms with Gasteiger partial charge in [0.05, 0.1) is 23.8 Å². The van der Waals surface area contributed by atoms with E-state index in [2.05, 4.69) is 22.9 Å². The molecule has 1 atom stereocenters. The molecule has 0 aliphatic carbocycles. The molecule has 1 aliphatic rings. The number of anilines is 1. The van der Waals surface area contributed by atoms with Gasteiger partial charge in [0.15, 0.2) is 15.8 Å². The molecule has 0 N–H and O–H groups in total. The fourth-order valence-corrected chi connectivity index (χ4v) is 4.17. The van der Waals surface area contributed by atoms with E-state index >= 15 is 0 Å². The number of rotatable bonds is 6. The second-order valence-electron chi connectivity index (χ2n) is 6.24. The average Bonchev–Trinajstić information content (AvgIpc) is 2.96. The third kappa shape index (κ3) is 4.59. The summed E-state index contributed by atoms with van der Waals surface area (Å²) < 4.78 is 12.8. The van der Waals surface area contributed by atoms with E-state index in [0.29, 0.717) is 20.7 Å². The zero-order valence-corrected chi connectivity index (χ0v) is 19.0. The summed E-state index contributed by atoms with van der Waals surface area (Å²) in [6, 6.07) is 13.1. The standard InChI is InChI=1S/C21H20BrNO3S2/c1-4-13(2)26-17-10-5-14(11-18(17)25-3)12-19-20(24)23(21(27)28-19)16-8-6-15(22)7-9-16/h5-13H,4H2,1-3H3/b19-12+/t13-/m0/s1. The van der Waals surface area contributed by atoms with E-state index < -0.39 is 0 Å². The van der Waals surface area contributed by atoms with Crippen LogP contribution in [0.2, 0.25) is 0 Å². The number of thiocarbonyl (C=S) groups is 1. The zero-order chi connectivity index (χ0) is 20.3. The van der Waals surface area contributed by atoms with Crippen molar-refractivity contribution >= 4 is 61.9 Å². The summed E-state index contributed by atoms with van der Waals surface area (Å²) in [6.07, 6.45) is 2.83. The van der Waals surface area contributed by atoms with Crippen molar-refractivity contribution in [2.45, 2.75) is 26.4 Å². The summed E-state index contributed by atoms with van der Waals surface area (Å²) in [7, 11) is 1.61. The summed E-state index contributed by atoms with van der Waals surface area (Å²) in [4.78, 5) is 15.0. The first kappa shape index (κ1) is 20.9. The number of halogens is 1. The van der Waals surface area contributed by atoms with Crippen LogP contribution in [0.15, 0.2) is 51.8 Å². The number of hydrogen-bond acceptors (Lipinski definition) is 5. The lowest BCUT2D eigenvalue weighted by molar-refractivity contribution is -0.113. The van der Waals surface area contributed by atoms with Crippen molar-refractivity contribution < 1.29 is 14.3 Å². The van der Waals surface area contributed by atoms with Crippen LogP contribution in [-0.4, -0.2) is 23.4 Å². The molecule has 0 unspecified atom stereocenters. The molecule has 1 saturated heterocycles. The van der Waals surface area contributed by atoms with Crippen LogP contribution in [0.3, 0.4) is 0 Å². The summed E-state index contributed by atoms with van der Waals surface area (Å²) >= 11 is 10.1. The maximum Gasteiger partial charge on any atom is 0.270 e. The molecule has 0 aromatic heterocycles. The fourth-order valence-electron chi connectivity index (χ4n) is 2.60. The van der Waals surface area contributed by atoms with Gasteiger partial charge >= 0.3 is 0 Å². The Morgan fingerprint density at radius 1 is 1.21 bits per heavy atom. The van der Waals surface area contributed by atoms with Crippen molar-refractivity contribution in [1.29, 1.82) is 0 Å². The zero-order valence-electron chi connectivity index (χ0n) is 15.8. The predicted octanol–water partition coefficient (Wildman–Crippen LogP) is 6.04. The fraction of sp³-hybridized carbons (Fsp3) is 0.238. The first-order valence-corrected chi connectivity index (χ1v) is 10.8. The summed E-state index contributed by atoms with van der Waals surface area (Å²) in [5.41, 5.74) is 1.61. The van der Waals surface area contributed by atoms with Crippen LogP contribution in [0.4, 0.5) is 5.69 Å². The molecule has 0 radical (unpaired) electrons. The topological polar surface area (TPSA) is 38.8 Å². The van der Waals surface area contributed by atoms with Gasteiger partial charge in [-0.15, -0.1) is 0 Å². The molecular weight excluding hydrogens is 458 g/mol. The molecule has 1 amide bonds. The van der Waals surface area contributed by atoms with Crippen LogP contribution in [0.1, 0.15) is 25.8 Å². The number of nitrogens with zero attached hydrogens (tertiary/aromatic N) is 1. The highest BCUT2D eigenvalue weighted by Gasteiger charge is 2.33. The van der Waals surface area contributed by atoms with Crippen LogP contribution < -0.4 is 14.4 Å². The van der Waals surface area contributed by atoms with Crippen LogP contribution in [0.5, 0.6) is 11.5 Å². The van der Waals surface area contributed by atoms with Gasteiger partial charge in [-0.25, -0.2) is 0 Å². The van der Waals surface area contributed by atoms with Gasteiger partial charge in [0.1, 0.15) is 0 Å². The van der Waals surface area contributed by atoms with Crippen molar-refractivity contribution in [2.24, 2.45) is 0 Å². The molecule has 0 saturated carbocycles. The summed E-state index contributed by atoms with van der Waals surface area (Å²) in [5, 5.41) is 0. The number of ether oxygens (including phenoxy) is 2. The number of hydrogen-bond donors (Lipinski definition) is 0. The van der Waals surface area contributed by atoms with Crippen molar-refractivity contribution in [1.82, 2.24) is 0 Å². The molecule has 7 heteroatoms. The highest BCUT2D eigenvalue weighted by molar-refractivity contribution is 9.10. The second-order valence-corrected chi connectivity index (χ2v) is 8.83. The Hall–Kier alpha value is -1.83. The molecule has 3 rings (SSSR count). The van der Waals surface area contributed by atoms with Gasteiger partial charge in [-0.2, -0.15) is 0 Å². The smallest absolute Gasteiger partial charge is 0.270 e. The molecule has 1 heterocycles. The SMILES string of the molecule is CC[C@H](C)Oc1ccc(/C=C2/SC(=S)N(c3ccc(Br)cc3)C2=O)cc1OC. The van der Waals surface area contributed by atoms with Crippen molar-refractivity contribution in [2.75, 3.05) is 12.0 Å². The van der Waals surface area contributed by atoms with E-state index in [1.807, 2.05) is 55.5 Å². The maximum absolute atomic E-state index is 12.9.